The van der Waals surface area contributed by atoms with E-state index in [0.717, 1.165) is 5.56 Å². The number of rotatable bonds is 5. The number of nitrogens with one attached hydrogen (secondary N) is 2. The molecule has 1 aromatic rings. The normalized spacial score (nSPS) is 13.9. The van der Waals surface area contributed by atoms with Crippen molar-refractivity contribution in [2.24, 2.45) is 5.84 Å². The van der Waals surface area contributed by atoms with E-state index in [1.54, 1.807) is 6.92 Å². The second-order valence-corrected chi connectivity index (χ2v) is 8.59. The van der Waals surface area contributed by atoms with Crippen molar-refractivity contribution in [2.75, 3.05) is 22.8 Å². The van der Waals surface area contributed by atoms with E-state index in [-0.39, 0.29) is 17.2 Å². The fourth-order valence-electron chi connectivity index (χ4n) is 1.86. The number of anilines is 2. The van der Waals surface area contributed by atoms with Gasteiger partial charge in [-0.15, -0.1) is 0 Å². The van der Waals surface area contributed by atoms with Crippen molar-refractivity contribution in [2.45, 2.75) is 46.1 Å². The molecule has 0 amide bonds. The van der Waals surface area contributed by atoms with E-state index < -0.39 is 9.84 Å². The molecule has 0 fully saturated rings. The Hall–Kier alpha value is -1.41. The average Bonchev–Trinajstić information content (AvgIpc) is 2.27. The van der Waals surface area contributed by atoms with Gasteiger partial charge in [0.15, 0.2) is 0 Å². The maximum atomic E-state index is 11.4. The van der Waals surface area contributed by atoms with Gasteiger partial charge in [-0.25, -0.2) is 24.2 Å². The Morgan fingerprint density at radius 2 is 1.76 bits per heavy atom. The molecule has 0 aliphatic rings. The summed E-state index contributed by atoms with van der Waals surface area (Å²) in [4.78, 5) is 8.91. The van der Waals surface area contributed by atoms with Gasteiger partial charge in [0.25, 0.3) is 0 Å². The van der Waals surface area contributed by atoms with E-state index >= 15 is 0 Å². The molecule has 4 N–H and O–H groups in total. The van der Waals surface area contributed by atoms with Crippen molar-refractivity contribution in [3.63, 3.8) is 0 Å². The molecule has 0 radical (unpaired) electrons. The van der Waals surface area contributed by atoms with E-state index in [1.165, 1.54) is 6.26 Å². The third kappa shape index (κ3) is 5.13. The standard InChI is InChI=1S/C13H25N5O2S/c1-8(7-21(6,19)20)15-10-9(2)11(18-14)17-12(16-10)13(3,4)5/h8H,7,14H2,1-6H3,(H2,15,16,17,18). The number of hydrogen-bond donors (Lipinski definition) is 3. The van der Waals surface area contributed by atoms with E-state index in [9.17, 15) is 8.42 Å². The highest BCUT2D eigenvalue weighted by Crippen LogP contribution is 2.26. The minimum Gasteiger partial charge on any atom is -0.366 e. The van der Waals surface area contributed by atoms with Gasteiger partial charge in [0.2, 0.25) is 0 Å². The predicted molar refractivity (Wildman–Crippen MR) is 86.1 cm³/mol. The summed E-state index contributed by atoms with van der Waals surface area (Å²) in [6.45, 7) is 9.64. The second kappa shape index (κ2) is 6.15. The summed E-state index contributed by atoms with van der Waals surface area (Å²) < 4.78 is 22.7. The molecule has 1 unspecified atom stereocenters. The molecule has 1 atom stereocenters. The number of hydrazine groups is 1. The third-order valence-electron chi connectivity index (χ3n) is 2.89. The first-order valence-electron chi connectivity index (χ1n) is 6.74. The Labute approximate surface area is 126 Å². The monoisotopic (exact) mass is 315 g/mol. The van der Waals surface area contributed by atoms with Gasteiger partial charge in [0.1, 0.15) is 27.3 Å². The number of hydrogen-bond acceptors (Lipinski definition) is 7. The van der Waals surface area contributed by atoms with Crippen LogP contribution in [0.4, 0.5) is 11.6 Å². The first-order valence-corrected chi connectivity index (χ1v) is 8.80. The van der Waals surface area contributed by atoms with Crippen molar-refractivity contribution in [1.82, 2.24) is 9.97 Å². The first kappa shape index (κ1) is 17.6. The third-order valence-corrected chi connectivity index (χ3v) is 3.99. The van der Waals surface area contributed by atoms with Crippen LogP contribution in [0.15, 0.2) is 0 Å². The zero-order chi connectivity index (χ0) is 16.4. The summed E-state index contributed by atoms with van der Waals surface area (Å²) >= 11 is 0. The molecule has 21 heavy (non-hydrogen) atoms. The van der Waals surface area contributed by atoms with Crippen molar-refractivity contribution < 1.29 is 8.42 Å². The van der Waals surface area contributed by atoms with Crippen LogP contribution in [0.2, 0.25) is 0 Å². The fourth-order valence-corrected chi connectivity index (χ4v) is 2.85. The zero-order valence-electron chi connectivity index (χ0n) is 13.5. The number of sulfone groups is 1. The predicted octanol–water partition coefficient (Wildman–Crippen LogP) is 1.21. The molecule has 1 aromatic heterocycles. The van der Waals surface area contributed by atoms with Crippen LogP contribution in [0, 0.1) is 6.92 Å². The van der Waals surface area contributed by atoms with Gasteiger partial charge in [0.05, 0.1) is 5.75 Å². The Kier molecular flexibility index (Phi) is 5.16. The molecule has 8 heteroatoms. The van der Waals surface area contributed by atoms with Gasteiger partial charge in [-0.05, 0) is 13.8 Å². The topological polar surface area (TPSA) is 110 Å². The molecule has 1 rings (SSSR count). The molecule has 0 saturated carbocycles. The molecule has 7 nitrogen and oxygen atoms in total. The molecule has 0 aliphatic heterocycles. The van der Waals surface area contributed by atoms with Crippen molar-refractivity contribution in [1.29, 1.82) is 0 Å². The SMILES string of the molecule is Cc1c(NN)nc(C(C)(C)C)nc1NC(C)CS(C)(=O)=O. The Morgan fingerprint density at radius 3 is 2.19 bits per heavy atom. The van der Waals surface area contributed by atoms with Gasteiger partial charge >= 0.3 is 0 Å². The molecule has 0 bridgehead atoms. The smallest absolute Gasteiger partial charge is 0.149 e. The lowest BCUT2D eigenvalue weighted by molar-refractivity contribution is 0.545. The first-order chi connectivity index (χ1) is 9.44. The number of aromatic nitrogens is 2. The quantitative estimate of drug-likeness (QED) is 0.553. The van der Waals surface area contributed by atoms with E-state index in [0.29, 0.717) is 17.5 Å². The molecule has 1 heterocycles. The van der Waals surface area contributed by atoms with Gasteiger partial charge in [-0.3, -0.25) is 0 Å². The minimum absolute atomic E-state index is 0.0344. The highest BCUT2D eigenvalue weighted by Gasteiger charge is 2.22. The molecule has 0 aliphatic carbocycles. The van der Waals surface area contributed by atoms with Crippen molar-refractivity contribution in [3.8, 4) is 0 Å². The van der Waals surface area contributed by atoms with Gasteiger partial charge in [-0.1, -0.05) is 20.8 Å². The summed E-state index contributed by atoms with van der Waals surface area (Å²) in [6, 6.07) is -0.257. The molecule has 120 valence electrons. The number of nitrogen functional groups attached to an aromatic ring is 1. The van der Waals surface area contributed by atoms with Crippen LogP contribution in [-0.2, 0) is 15.3 Å². The molecular formula is C13H25N5O2S. The highest BCUT2D eigenvalue weighted by atomic mass is 32.2. The molecule has 0 saturated heterocycles. The number of nitrogens with two attached hydrogens (primary N) is 1. The highest BCUT2D eigenvalue weighted by molar-refractivity contribution is 7.90. The lowest BCUT2D eigenvalue weighted by Gasteiger charge is -2.22. The van der Waals surface area contributed by atoms with Crippen molar-refractivity contribution >= 4 is 21.5 Å². The Bertz CT molecular complexity index is 608. The lowest BCUT2D eigenvalue weighted by atomic mass is 9.95. The van der Waals surface area contributed by atoms with E-state index in [4.69, 9.17) is 5.84 Å². The van der Waals surface area contributed by atoms with Gasteiger partial charge in [0, 0.05) is 23.3 Å². The number of nitrogens with zero attached hydrogens (tertiary/aromatic N) is 2. The summed E-state index contributed by atoms with van der Waals surface area (Å²) in [5.74, 6) is 7.30. The maximum absolute atomic E-state index is 11.4. The second-order valence-electron chi connectivity index (χ2n) is 6.40. The van der Waals surface area contributed by atoms with Crippen LogP contribution < -0.4 is 16.6 Å². The van der Waals surface area contributed by atoms with Crippen LogP contribution >= 0.6 is 0 Å². The van der Waals surface area contributed by atoms with Crippen LogP contribution in [0.5, 0.6) is 0 Å². The minimum atomic E-state index is -3.06. The van der Waals surface area contributed by atoms with Gasteiger partial charge < -0.3 is 10.7 Å². The largest absolute Gasteiger partial charge is 0.366 e. The van der Waals surface area contributed by atoms with Crippen molar-refractivity contribution in [3.05, 3.63) is 11.4 Å². The molecular weight excluding hydrogens is 290 g/mol. The molecule has 0 spiro atoms. The zero-order valence-corrected chi connectivity index (χ0v) is 14.3. The van der Waals surface area contributed by atoms with Gasteiger partial charge in [-0.2, -0.15) is 0 Å². The maximum Gasteiger partial charge on any atom is 0.149 e. The molecule has 0 aromatic carbocycles. The average molecular weight is 315 g/mol. The lowest BCUT2D eigenvalue weighted by Crippen LogP contribution is -2.28. The van der Waals surface area contributed by atoms with Crippen LogP contribution in [0.25, 0.3) is 0 Å². The van der Waals surface area contributed by atoms with Crippen LogP contribution in [0.1, 0.15) is 39.1 Å². The van der Waals surface area contributed by atoms with Crippen LogP contribution in [-0.4, -0.2) is 36.4 Å². The Morgan fingerprint density at radius 1 is 1.24 bits per heavy atom. The van der Waals surface area contributed by atoms with Crippen LogP contribution in [0.3, 0.4) is 0 Å². The summed E-state index contributed by atoms with van der Waals surface area (Å²) in [6.07, 6.45) is 1.21. The fraction of sp³-hybridized carbons (Fsp3) is 0.692. The van der Waals surface area contributed by atoms with E-state index in [1.807, 2.05) is 27.7 Å². The van der Waals surface area contributed by atoms with E-state index in [2.05, 4.69) is 20.7 Å². The Balaban J connectivity index is 3.17. The summed E-state index contributed by atoms with van der Waals surface area (Å²) in [5.41, 5.74) is 3.08. The summed E-state index contributed by atoms with van der Waals surface area (Å²) in [7, 11) is -3.06. The summed E-state index contributed by atoms with van der Waals surface area (Å²) in [5, 5.41) is 3.13.